The van der Waals surface area contributed by atoms with Gasteiger partial charge in [0, 0.05) is 41.5 Å². The molecule has 0 unspecified atom stereocenters. The molecule has 2 rings (SSSR count). The number of hydrogen-bond acceptors (Lipinski definition) is 16. The molecule has 16 nitrogen and oxygen atoms in total. The average molecular weight is 633 g/mol. The van der Waals surface area contributed by atoms with E-state index in [0.29, 0.717) is 0 Å². The summed E-state index contributed by atoms with van der Waals surface area (Å²) in [5.41, 5.74) is -0.841. The van der Waals surface area contributed by atoms with Gasteiger partial charge in [-0.05, 0) is 13.8 Å². The largest absolute Gasteiger partial charge is 0.461 e. The number of carbonyl (C=O) groups is 6. The molecule has 248 valence electrons. The van der Waals surface area contributed by atoms with Gasteiger partial charge in [-0.25, -0.2) is 0 Å². The zero-order valence-electron chi connectivity index (χ0n) is 26.0. The van der Waals surface area contributed by atoms with Crippen LogP contribution < -0.4 is 0 Å². The Bertz CT molecular complexity index is 1100. The van der Waals surface area contributed by atoms with Gasteiger partial charge in [0.25, 0.3) is 0 Å². The molecular weight excluding hydrogens is 592 g/mol. The molecule has 0 radical (unpaired) electrons. The van der Waals surface area contributed by atoms with Crippen LogP contribution in [0.4, 0.5) is 0 Å². The summed E-state index contributed by atoms with van der Waals surface area (Å²) in [6, 6.07) is 0. The molecule has 0 saturated carbocycles. The Hall–Kier alpha value is -3.60. The third-order valence-electron chi connectivity index (χ3n) is 6.09. The number of allylic oxidation sites excluding steroid dienone is 1. The lowest BCUT2D eigenvalue weighted by Crippen LogP contribution is -2.63. The summed E-state index contributed by atoms with van der Waals surface area (Å²) in [4.78, 5) is 71.8. The van der Waals surface area contributed by atoms with E-state index in [-0.39, 0.29) is 13.2 Å². The quantitative estimate of drug-likeness (QED) is 0.156. The maximum absolute atomic E-state index is 12.1. The highest BCUT2D eigenvalue weighted by atomic mass is 16.8. The summed E-state index contributed by atoms with van der Waals surface area (Å²) in [6.45, 7) is 9.03. The zero-order chi connectivity index (χ0) is 33.2. The number of esters is 6. The second-order valence-corrected chi connectivity index (χ2v) is 10.4. The van der Waals surface area contributed by atoms with Gasteiger partial charge in [0.05, 0.1) is 19.8 Å². The van der Waals surface area contributed by atoms with E-state index in [1.165, 1.54) is 0 Å². The molecule has 2 aliphatic heterocycles. The van der Waals surface area contributed by atoms with Crippen molar-refractivity contribution in [3.05, 3.63) is 11.6 Å². The Morgan fingerprint density at radius 1 is 0.682 bits per heavy atom. The van der Waals surface area contributed by atoms with Crippen LogP contribution >= 0.6 is 0 Å². The number of carbonyl (C=O) groups excluding carboxylic acids is 6. The minimum absolute atomic E-state index is 0.0185. The van der Waals surface area contributed by atoms with E-state index in [1.54, 1.807) is 6.08 Å². The van der Waals surface area contributed by atoms with Crippen molar-refractivity contribution in [2.75, 3.05) is 26.4 Å². The van der Waals surface area contributed by atoms with Crippen LogP contribution in [0.3, 0.4) is 0 Å². The third-order valence-corrected chi connectivity index (χ3v) is 6.09. The summed E-state index contributed by atoms with van der Waals surface area (Å²) >= 11 is 0. The van der Waals surface area contributed by atoms with E-state index >= 15 is 0 Å². The Morgan fingerprint density at radius 3 is 1.77 bits per heavy atom. The maximum Gasteiger partial charge on any atom is 0.303 e. The van der Waals surface area contributed by atoms with Crippen LogP contribution in [0.25, 0.3) is 0 Å². The first-order valence-corrected chi connectivity index (χ1v) is 13.7. The topological polar surface area (TPSA) is 195 Å². The lowest BCUT2D eigenvalue weighted by molar-refractivity contribution is -0.313. The number of ether oxygens (including phenoxy) is 10. The van der Waals surface area contributed by atoms with Crippen LogP contribution in [0.15, 0.2) is 11.6 Å². The molecule has 0 aromatic rings. The predicted octanol–water partition coefficient (Wildman–Crippen LogP) is 0.659. The predicted molar refractivity (Wildman–Crippen MR) is 143 cm³/mol. The molecule has 44 heavy (non-hydrogen) atoms. The van der Waals surface area contributed by atoms with Crippen LogP contribution in [0, 0.1) is 0 Å². The fourth-order valence-electron chi connectivity index (χ4n) is 4.49. The summed E-state index contributed by atoms with van der Waals surface area (Å²) in [5.74, 6) is -4.56. The molecule has 2 fully saturated rings. The van der Waals surface area contributed by atoms with Crippen molar-refractivity contribution >= 4 is 35.8 Å². The molecule has 2 saturated heterocycles. The smallest absolute Gasteiger partial charge is 0.303 e. The van der Waals surface area contributed by atoms with Crippen LogP contribution in [0.1, 0.15) is 55.4 Å². The van der Waals surface area contributed by atoms with E-state index in [4.69, 9.17) is 47.4 Å². The lowest BCUT2D eigenvalue weighted by Gasteiger charge is -2.44. The van der Waals surface area contributed by atoms with Gasteiger partial charge in [0.15, 0.2) is 37.0 Å². The molecule has 0 bridgehead atoms. The van der Waals surface area contributed by atoms with E-state index in [1.807, 2.05) is 13.8 Å². The second kappa shape index (κ2) is 16.5. The fraction of sp³-hybridized carbons (Fsp3) is 0.714. The molecule has 0 aromatic carbocycles. The molecule has 0 spiro atoms. The van der Waals surface area contributed by atoms with Gasteiger partial charge in [0.1, 0.15) is 12.7 Å². The highest BCUT2D eigenvalue weighted by molar-refractivity contribution is 5.69. The van der Waals surface area contributed by atoms with Crippen LogP contribution in [0.5, 0.6) is 0 Å². The van der Waals surface area contributed by atoms with E-state index in [9.17, 15) is 28.8 Å². The Morgan fingerprint density at radius 2 is 1.25 bits per heavy atom. The SMILES string of the molecule is CC(=O)OC[C@@]1(OC(C)=O)CO[C@@H](OC[C@H]2O[C@@H](OCC=C(C)C)[C@H](OC(C)=O)[C@@H](OC(C)=O)[C@@H]2OC(C)=O)[C@@H]1OC(C)=O. The molecule has 0 N–H and O–H groups in total. The van der Waals surface area contributed by atoms with Crippen molar-refractivity contribution in [2.45, 2.75) is 104 Å². The second-order valence-electron chi connectivity index (χ2n) is 10.4. The van der Waals surface area contributed by atoms with E-state index in [2.05, 4.69) is 0 Å². The van der Waals surface area contributed by atoms with Gasteiger partial charge in [0.2, 0.25) is 5.60 Å². The van der Waals surface area contributed by atoms with Gasteiger partial charge >= 0.3 is 35.8 Å². The Balaban J connectivity index is 2.44. The van der Waals surface area contributed by atoms with Crippen molar-refractivity contribution in [3.8, 4) is 0 Å². The van der Waals surface area contributed by atoms with Crippen LogP contribution in [0.2, 0.25) is 0 Å². The van der Waals surface area contributed by atoms with E-state index < -0.39 is 97.7 Å². The molecule has 2 aliphatic rings. The van der Waals surface area contributed by atoms with Crippen LogP contribution in [-0.4, -0.2) is 111 Å². The van der Waals surface area contributed by atoms with Crippen molar-refractivity contribution in [1.29, 1.82) is 0 Å². The molecule has 0 aliphatic carbocycles. The molecule has 8 atom stereocenters. The molecule has 2 heterocycles. The molecular formula is C28H40O16. The third kappa shape index (κ3) is 10.8. The monoisotopic (exact) mass is 632 g/mol. The van der Waals surface area contributed by atoms with Gasteiger partial charge in [-0.15, -0.1) is 0 Å². The lowest BCUT2D eigenvalue weighted by atomic mass is 9.97. The van der Waals surface area contributed by atoms with Crippen molar-refractivity contribution in [2.24, 2.45) is 0 Å². The molecule has 16 heteroatoms. The minimum atomic E-state index is -1.76. The van der Waals surface area contributed by atoms with Gasteiger partial charge in [-0.1, -0.05) is 11.6 Å². The first-order chi connectivity index (χ1) is 20.5. The van der Waals surface area contributed by atoms with Gasteiger partial charge < -0.3 is 47.4 Å². The number of rotatable bonds is 13. The van der Waals surface area contributed by atoms with Crippen molar-refractivity contribution in [3.63, 3.8) is 0 Å². The molecule has 0 aromatic heterocycles. The summed E-state index contributed by atoms with van der Waals surface area (Å²) in [5, 5.41) is 0. The Kier molecular flexibility index (Phi) is 13.7. The highest BCUT2D eigenvalue weighted by Gasteiger charge is 2.58. The normalized spacial score (nSPS) is 29.5. The minimum Gasteiger partial charge on any atom is -0.461 e. The molecule has 0 amide bonds. The first-order valence-electron chi connectivity index (χ1n) is 13.7. The summed E-state index contributed by atoms with van der Waals surface area (Å²) in [6.07, 6.45) is -7.76. The average Bonchev–Trinajstić information content (AvgIpc) is 3.19. The maximum atomic E-state index is 12.1. The highest BCUT2D eigenvalue weighted by Crippen LogP contribution is 2.35. The van der Waals surface area contributed by atoms with Crippen molar-refractivity contribution in [1.82, 2.24) is 0 Å². The van der Waals surface area contributed by atoms with Gasteiger partial charge in [-0.3, -0.25) is 28.8 Å². The summed E-state index contributed by atoms with van der Waals surface area (Å²) < 4.78 is 55.6. The Labute approximate surface area is 254 Å². The standard InChI is InChI=1S/C28H40O16/c1-14(2)9-10-35-26-24(41-18(6)32)23(40-17(5)31)22(39-16(4)30)21(43-26)11-36-27-25(42-19(7)33)28(13-38-27,44-20(8)34)12-37-15(3)29/h9,21-27H,10-13H2,1-8H3/t21-,22-,23+,24-,25+,26-,27-,28-/m1/s1. The number of hydrogen-bond donors (Lipinski definition) is 0. The fourth-order valence-corrected chi connectivity index (χ4v) is 4.49. The van der Waals surface area contributed by atoms with Crippen LogP contribution in [-0.2, 0) is 76.1 Å². The first kappa shape index (κ1) is 36.6. The van der Waals surface area contributed by atoms with E-state index in [0.717, 1.165) is 47.1 Å². The zero-order valence-corrected chi connectivity index (χ0v) is 26.0. The van der Waals surface area contributed by atoms with Crippen molar-refractivity contribution < 1.29 is 76.1 Å². The van der Waals surface area contributed by atoms with Gasteiger partial charge in [-0.2, -0.15) is 0 Å². The summed E-state index contributed by atoms with van der Waals surface area (Å²) in [7, 11) is 0.